The standard InChI is InChI=1S/C23H17ClN2O3/c1-29-18-6-4-5-17(13-18)26-14-21(19-7-2-3-8-20(19)23(26)28)22(27)25-16-11-9-15(24)10-12-16/h2-14H,1H3,(H,25,27). The van der Waals surface area contributed by atoms with Crippen LogP contribution in [0.3, 0.4) is 0 Å². The van der Waals surface area contributed by atoms with Gasteiger partial charge in [-0.2, -0.15) is 0 Å². The van der Waals surface area contributed by atoms with E-state index < -0.39 is 0 Å². The van der Waals surface area contributed by atoms with Gasteiger partial charge in [0.15, 0.2) is 0 Å². The molecule has 0 spiro atoms. The second-order valence-electron chi connectivity index (χ2n) is 6.43. The summed E-state index contributed by atoms with van der Waals surface area (Å²) < 4.78 is 6.72. The predicted octanol–water partition coefficient (Wildman–Crippen LogP) is 4.91. The molecule has 0 aliphatic carbocycles. The Labute approximate surface area is 172 Å². The van der Waals surface area contributed by atoms with Gasteiger partial charge in [-0.15, -0.1) is 0 Å². The zero-order chi connectivity index (χ0) is 20.4. The van der Waals surface area contributed by atoms with Gasteiger partial charge in [0.05, 0.1) is 18.4 Å². The van der Waals surface area contributed by atoms with Crippen LogP contribution in [-0.2, 0) is 0 Å². The Morgan fingerprint density at radius 3 is 2.41 bits per heavy atom. The van der Waals surface area contributed by atoms with Crippen LogP contribution in [0.5, 0.6) is 5.75 Å². The van der Waals surface area contributed by atoms with Crippen molar-refractivity contribution >= 4 is 34.0 Å². The van der Waals surface area contributed by atoms with Crippen LogP contribution < -0.4 is 15.6 Å². The Bertz CT molecular complexity index is 1260. The summed E-state index contributed by atoms with van der Waals surface area (Å²) in [5.74, 6) is 0.301. The molecule has 1 N–H and O–H groups in total. The highest BCUT2D eigenvalue weighted by Gasteiger charge is 2.16. The Hall–Kier alpha value is -3.57. The van der Waals surface area contributed by atoms with E-state index in [-0.39, 0.29) is 11.5 Å². The summed E-state index contributed by atoms with van der Waals surface area (Å²) >= 11 is 5.91. The summed E-state index contributed by atoms with van der Waals surface area (Å²) in [6.45, 7) is 0. The first-order valence-corrected chi connectivity index (χ1v) is 9.30. The minimum absolute atomic E-state index is 0.211. The maximum atomic E-state index is 13.1. The average molecular weight is 405 g/mol. The smallest absolute Gasteiger partial charge is 0.262 e. The number of fused-ring (bicyclic) bond motifs is 1. The number of nitrogens with one attached hydrogen (secondary N) is 1. The van der Waals surface area contributed by atoms with Crippen LogP contribution in [0, 0.1) is 0 Å². The molecule has 1 aromatic heterocycles. The number of amides is 1. The number of aromatic nitrogens is 1. The highest BCUT2D eigenvalue weighted by molar-refractivity contribution is 6.30. The summed E-state index contributed by atoms with van der Waals surface area (Å²) in [6.07, 6.45) is 1.56. The molecule has 0 fully saturated rings. The Balaban J connectivity index is 1.86. The Morgan fingerprint density at radius 2 is 1.69 bits per heavy atom. The van der Waals surface area contributed by atoms with Crippen LogP contribution in [-0.4, -0.2) is 17.6 Å². The highest BCUT2D eigenvalue weighted by atomic mass is 35.5. The van der Waals surface area contributed by atoms with Crippen molar-refractivity contribution in [2.75, 3.05) is 12.4 Å². The molecular weight excluding hydrogens is 388 g/mol. The molecule has 0 radical (unpaired) electrons. The van der Waals surface area contributed by atoms with Crippen molar-refractivity contribution in [3.63, 3.8) is 0 Å². The molecule has 6 heteroatoms. The molecule has 29 heavy (non-hydrogen) atoms. The van der Waals surface area contributed by atoms with Gasteiger partial charge in [0.2, 0.25) is 0 Å². The van der Waals surface area contributed by atoms with Gasteiger partial charge in [0.1, 0.15) is 5.75 Å². The molecule has 1 amide bonds. The number of rotatable bonds is 4. The van der Waals surface area contributed by atoms with Crippen molar-refractivity contribution in [2.45, 2.75) is 0 Å². The van der Waals surface area contributed by atoms with Crippen LogP contribution in [0.1, 0.15) is 10.4 Å². The van der Waals surface area contributed by atoms with E-state index in [1.165, 1.54) is 4.57 Å². The van der Waals surface area contributed by atoms with E-state index in [1.807, 2.05) is 0 Å². The number of anilines is 1. The van der Waals surface area contributed by atoms with Gasteiger partial charge in [-0.05, 0) is 42.5 Å². The fourth-order valence-corrected chi connectivity index (χ4v) is 3.28. The monoisotopic (exact) mass is 404 g/mol. The third-order valence-electron chi connectivity index (χ3n) is 4.60. The van der Waals surface area contributed by atoms with E-state index in [4.69, 9.17) is 16.3 Å². The second kappa shape index (κ2) is 7.81. The molecule has 0 unspecified atom stereocenters. The topological polar surface area (TPSA) is 60.3 Å². The molecule has 0 aliphatic heterocycles. The lowest BCUT2D eigenvalue weighted by atomic mass is 10.1. The zero-order valence-electron chi connectivity index (χ0n) is 15.6. The van der Waals surface area contributed by atoms with Crippen LogP contribution >= 0.6 is 11.6 Å². The van der Waals surface area contributed by atoms with Gasteiger partial charge in [-0.25, -0.2) is 0 Å². The van der Waals surface area contributed by atoms with Crippen LogP contribution in [0.4, 0.5) is 5.69 Å². The number of hydrogen-bond acceptors (Lipinski definition) is 3. The van der Waals surface area contributed by atoms with E-state index in [0.29, 0.717) is 38.5 Å². The molecule has 5 nitrogen and oxygen atoms in total. The van der Waals surface area contributed by atoms with Crippen molar-refractivity contribution in [3.8, 4) is 11.4 Å². The summed E-state index contributed by atoms with van der Waals surface area (Å²) in [5.41, 5.74) is 1.40. The molecule has 3 aromatic carbocycles. The van der Waals surface area contributed by atoms with Crippen molar-refractivity contribution in [2.24, 2.45) is 0 Å². The normalized spacial score (nSPS) is 10.7. The molecule has 0 saturated heterocycles. The van der Waals surface area contributed by atoms with Gasteiger partial charge < -0.3 is 10.1 Å². The quantitative estimate of drug-likeness (QED) is 0.526. The van der Waals surface area contributed by atoms with Gasteiger partial charge >= 0.3 is 0 Å². The molecule has 0 atom stereocenters. The number of carbonyl (C=O) groups excluding carboxylic acids is 1. The number of pyridine rings is 1. The first-order chi connectivity index (χ1) is 14.1. The van der Waals surface area contributed by atoms with Gasteiger partial charge in [0, 0.05) is 33.7 Å². The molecule has 0 aliphatic rings. The average Bonchev–Trinajstić information content (AvgIpc) is 2.76. The summed E-state index contributed by atoms with van der Waals surface area (Å²) in [6, 6.07) is 21.0. The van der Waals surface area contributed by atoms with Crippen molar-refractivity contribution in [1.29, 1.82) is 0 Å². The molecule has 4 aromatic rings. The minimum Gasteiger partial charge on any atom is -0.497 e. The predicted molar refractivity (Wildman–Crippen MR) is 116 cm³/mol. The second-order valence-corrected chi connectivity index (χ2v) is 6.86. The third kappa shape index (κ3) is 3.73. The number of methoxy groups -OCH3 is 1. The Morgan fingerprint density at radius 1 is 0.966 bits per heavy atom. The zero-order valence-corrected chi connectivity index (χ0v) is 16.3. The summed E-state index contributed by atoms with van der Waals surface area (Å²) in [7, 11) is 1.56. The van der Waals surface area contributed by atoms with E-state index >= 15 is 0 Å². The maximum Gasteiger partial charge on any atom is 0.262 e. The number of nitrogens with zero attached hydrogens (tertiary/aromatic N) is 1. The Kier molecular flexibility index (Phi) is 5.06. The fraction of sp³-hybridized carbons (Fsp3) is 0.0435. The first-order valence-electron chi connectivity index (χ1n) is 8.92. The van der Waals surface area contributed by atoms with E-state index in [0.717, 1.165) is 0 Å². The lowest BCUT2D eigenvalue weighted by Gasteiger charge is -2.13. The molecule has 4 rings (SSSR count). The fourth-order valence-electron chi connectivity index (χ4n) is 3.16. The number of hydrogen-bond donors (Lipinski definition) is 1. The molecule has 0 saturated carbocycles. The lowest BCUT2D eigenvalue weighted by molar-refractivity contribution is 0.102. The van der Waals surface area contributed by atoms with Crippen LogP contribution in [0.25, 0.3) is 16.5 Å². The number of halogens is 1. The van der Waals surface area contributed by atoms with Crippen LogP contribution in [0.15, 0.2) is 83.8 Å². The molecule has 0 bridgehead atoms. The SMILES string of the molecule is COc1cccc(-n2cc(C(=O)Nc3ccc(Cl)cc3)c3ccccc3c2=O)c1. The summed E-state index contributed by atoms with van der Waals surface area (Å²) in [5, 5.41) is 4.49. The highest BCUT2D eigenvalue weighted by Crippen LogP contribution is 2.22. The number of carbonyl (C=O) groups is 1. The summed E-state index contributed by atoms with van der Waals surface area (Å²) in [4.78, 5) is 26.1. The maximum absolute atomic E-state index is 13.1. The minimum atomic E-state index is -0.319. The van der Waals surface area contributed by atoms with Crippen molar-refractivity contribution < 1.29 is 9.53 Å². The van der Waals surface area contributed by atoms with Gasteiger partial charge in [-0.3, -0.25) is 14.2 Å². The number of ether oxygens (including phenoxy) is 1. The van der Waals surface area contributed by atoms with E-state index in [9.17, 15) is 9.59 Å². The molecule has 144 valence electrons. The third-order valence-corrected chi connectivity index (χ3v) is 4.85. The van der Waals surface area contributed by atoms with Crippen molar-refractivity contribution in [3.05, 3.63) is 99.9 Å². The number of benzene rings is 3. The largest absolute Gasteiger partial charge is 0.497 e. The van der Waals surface area contributed by atoms with Crippen molar-refractivity contribution in [1.82, 2.24) is 4.57 Å². The van der Waals surface area contributed by atoms with E-state index in [1.54, 1.807) is 86.1 Å². The van der Waals surface area contributed by atoms with Gasteiger partial charge in [0.25, 0.3) is 11.5 Å². The molecular formula is C23H17ClN2O3. The van der Waals surface area contributed by atoms with Gasteiger partial charge in [-0.1, -0.05) is 35.9 Å². The van der Waals surface area contributed by atoms with E-state index in [2.05, 4.69) is 5.32 Å². The lowest BCUT2D eigenvalue weighted by Crippen LogP contribution is -2.22. The van der Waals surface area contributed by atoms with Crippen LogP contribution in [0.2, 0.25) is 5.02 Å². The first kappa shape index (κ1) is 18.8. The molecule has 1 heterocycles.